The number of benzene rings is 2. The summed E-state index contributed by atoms with van der Waals surface area (Å²) in [5.74, 6) is -5.20. The Labute approximate surface area is 411 Å². The van der Waals surface area contributed by atoms with Gasteiger partial charge in [0.2, 0.25) is 31.9 Å². The number of H-pyrrole nitrogens is 2. The number of nitrogens with one attached hydrogen (secondary N) is 2. The average molecular weight is 1020 g/mol. The summed E-state index contributed by atoms with van der Waals surface area (Å²) >= 11 is 0. The summed E-state index contributed by atoms with van der Waals surface area (Å²) in [5.41, 5.74) is 3.76. The first kappa shape index (κ1) is 51.3. The van der Waals surface area contributed by atoms with Crippen molar-refractivity contribution in [3.8, 4) is 22.5 Å². The Morgan fingerprint density at radius 2 is 1.44 bits per heavy atom. The zero-order valence-corrected chi connectivity index (χ0v) is 41.9. The highest BCUT2D eigenvalue weighted by molar-refractivity contribution is 7.89. The van der Waals surface area contributed by atoms with E-state index in [1.807, 2.05) is 4.90 Å². The number of aliphatic hydroxyl groups excluding tert-OH is 1. The number of amides is 2. The predicted molar refractivity (Wildman–Crippen MR) is 264 cm³/mol. The molecule has 380 valence electrons. The van der Waals surface area contributed by atoms with E-state index in [0.717, 1.165) is 8.61 Å². The van der Waals surface area contributed by atoms with Crippen molar-refractivity contribution in [3.05, 3.63) is 84.7 Å². The number of nitrogens with zero attached hydrogens (tertiary/aromatic N) is 8. The Kier molecular flexibility index (Phi) is 14.9. The number of aliphatic hydroxyl groups is 1. The number of alkyl halides is 2. The van der Waals surface area contributed by atoms with Crippen LogP contribution in [0.5, 0.6) is 0 Å². The summed E-state index contributed by atoms with van der Waals surface area (Å²) in [7, 11) is 0.150. The van der Waals surface area contributed by atoms with E-state index in [9.17, 15) is 31.5 Å². The fourth-order valence-corrected chi connectivity index (χ4v) is 11.2. The Morgan fingerprint density at radius 3 is 2.07 bits per heavy atom. The van der Waals surface area contributed by atoms with Crippen LogP contribution in [0, 0.1) is 0 Å². The number of para-hydroxylation sites is 1. The van der Waals surface area contributed by atoms with E-state index in [1.54, 1.807) is 62.8 Å². The van der Waals surface area contributed by atoms with Crippen LogP contribution in [-0.2, 0) is 39.1 Å². The quantitative estimate of drug-likeness (QED) is 0.105. The minimum atomic E-state index is -4.28. The summed E-state index contributed by atoms with van der Waals surface area (Å²) in [5, 5.41) is 11.1. The fourth-order valence-electron chi connectivity index (χ4n) is 9.00. The number of sulfonamides is 2. The van der Waals surface area contributed by atoms with Gasteiger partial charge >= 0.3 is 0 Å². The first-order chi connectivity index (χ1) is 33.7. The van der Waals surface area contributed by atoms with Gasteiger partial charge in [-0.15, -0.1) is 0 Å². The topological polar surface area (TPSA) is 218 Å². The number of anilines is 2. The number of rotatable bonds is 19. The van der Waals surface area contributed by atoms with Crippen molar-refractivity contribution in [2.45, 2.75) is 34.2 Å². The third-order valence-corrected chi connectivity index (χ3v) is 16.8. The van der Waals surface area contributed by atoms with Gasteiger partial charge in [-0.05, 0) is 60.5 Å². The minimum absolute atomic E-state index is 0.149. The van der Waals surface area contributed by atoms with Gasteiger partial charge in [0, 0.05) is 115 Å². The van der Waals surface area contributed by atoms with E-state index in [0.29, 0.717) is 74.5 Å². The normalized spacial score (nSPS) is 17.3. The molecule has 8 rings (SSSR count). The second-order valence-corrected chi connectivity index (χ2v) is 22.1. The molecule has 19 nitrogen and oxygen atoms in total. The number of aromatic nitrogens is 4. The standard InChI is InChI=1S/C48H58F2N10O9S2/c1-55(17-19-68-5)44(62)28-57(3)70(64,65)33-12-13-43(36(22-33)41-24-42-39(53-41)11-8-15-51-42)60-27-38(48(49,50)30-60)35-10-7-9-31-21-40(54-46(31)35)37-23-34(25-52-47(37)59-16-14-32(61)26-59)71(66,67)58(4)29-45(63)56(2)18-20-69-6/h7-13,15,21-25,32,38,53-54,61H,14,16-20,26-30H2,1-6H3/t32-,38?/m0/s1. The molecule has 71 heavy (non-hydrogen) atoms. The van der Waals surface area contributed by atoms with Crippen LogP contribution in [0.15, 0.2) is 88.9 Å². The van der Waals surface area contributed by atoms with Crippen LogP contribution >= 0.6 is 0 Å². The summed E-state index contributed by atoms with van der Waals surface area (Å²) < 4.78 is 102. The molecule has 0 aliphatic carbocycles. The number of carbonyl (C=O) groups is 2. The van der Waals surface area contributed by atoms with Gasteiger partial charge in [0.05, 0.1) is 72.2 Å². The number of pyridine rings is 2. The maximum absolute atomic E-state index is 16.8. The van der Waals surface area contributed by atoms with Crippen molar-refractivity contribution in [2.75, 3.05) is 118 Å². The molecule has 2 aliphatic heterocycles. The number of fused-ring (bicyclic) bond motifs is 2. The molecule has 1 unspecified atom stereocenters. The highest BCUT2D eigenvalue weighted by atomic mass is 32.2. The zero-order chi connectivity index (χ0) is 51.0. The summed E-state index contributed by atoms with van der Waals surface area (Å²) in [6.45, 7) is -0.0613. The van der Waals surface area contributed by atoms with Gasteiger partial charge in [-0.3, -0.25) is 14.6 Å². The molecule has 3 N–H and O–H groups in total. The molecule has 4 aromatic heterocycles. The number of hydrogen-bond acceptors (Lipinski definition) is 13. The summed E-state index contributed by atoms with van der Waals surface area (Å²) in [6.07, 6.45) is 2.63. The van der Waals surface area contributed by atoms with Crippen LogP contribution in [-0.4, -0.2) is 192 Å². The molecule has 0 saturated carbocycles. The number of likely N-dealkylation sites (N-methyl/N-ethyl adjacent to an activating group) is 4. The van der Waals surface area contributed by atoms with Crippen molar-refractivity contribution in [1.82, 2.24) is 38.3 Å². The third-order valence-electron chi connectivity index (χ3n) is 13.2. The lowest BCUT2D eigenvalue weighted by Crippen LogP contribution is -2.40. The molecule has 0 spiro atoms. The summed E-state index contributed by atoms with van der Waals surface area (Å²) in [4.78, 5) is 47.3. The van der Waals surface area contributed by atoms with E-state index >= 15 is 8.78 Å². The number of ether oxygens (including phenoxy) is 2. The molecule has 2 aliphatic rings. The average Bonchev–Trinajstić information content (AvgIpc) is 4.16. The molecule has 2 aromatic carbocycles. The Balaban J connectivity index is 1.14. The monoisotopic (exact) mass is 1020 g/mol. The maximum Gasteiger partial charge on any atom is 0.273 e. The number of hydrogen-bond donors (Lipinski definition) is 3. The number of β-amino-alcohol motifs (C(OH)–C–C–N with tert-alkyl or cyclic N) is 1. The van der Waals surface area contributed by atoms with Gasteiger partial charge in [-0.2, -0.15) is 8.61 Å². The smallest absolute Gasteiger partial charge is 0.273 e. The Bertz CT molecular complexity index is 3140. The van der Waals surface area contributed by atoms with Crippen molar-refractivity contribution >= 4 is 65.3 Å². The van der Waals surface area contributed by atoms with Crippen LogP contribution in [0.1, 0.15) is 17.9 Å². The van der Waals surface area contributed by atoms with E-state index in [2.05, 4.69) is 19.9 Å². The molecular formula is C48H58F2N10O9S2. The predicted octanol–water partition coefficient (Wildman–Crippen LogP) is 4.03. The second-order valence-electron chi connectivity index (χ2n) is 18.1. The molecule has 23 heteroatoms. The lowest BCUT2D eigenvalue weighted by Gasteiger charge is -2.24. The zero-order valence-electron chi connectivity index (χ0n) is 40.3. The Morgan fingerprint density at radius 1 is 0.789 bits per heavy atom. The molecule has 2 amide bonds. The van der Waals surface area contributed by atoms with E-state index in [-0.39, 0.29) is 49.2 Å². The number of carbonyl (C=O) groups excluding carboxylic acids is 2. The second kappa shape index (κ2) is 20.6. The molecule has 2 fully saturated rings. The molecule has 6 aromatic rings. The van der Waals surface area contributed by atoms with Crippen LogP contribution in [0.2, 0.25) is 0 Å². The summed E-state index contributed by atoms with van der Waals surface area (Å²) in [6, 6.07) is 17.8. The van der Waals surface area contributed by atoms with Gasteiger partial charge in [-0.25, -0.2) is 30.6 Å². The van der Waals surface area contributed by atoms with E-state index < -0.39 is 69.4 Å². The SMILES string of the molecule is COCCN(C)C(=O)CN(C)S(=O)(=O)c1ccc(N2CC(c3cccc4cc(-c5cc(S(=O)(=O)N(C)CC(=O)N(C)CCOC)cnc5N5CC[C@H](O)C5)[nH]c34)C(F)(F)C2)c(-c2cc3ncccc3[nH]2)c1. The van der Waals surface area contributed by atoms with Crippen LogP contribution < -0.4 is 9.80 Å². The van der Waals surface area contributed by atoms with Gasteiger partial charge < -0.3 is 44.1 Å². The fraction of sp³-hybridized carbons (Fsp3) is 0.417. The van der Waals surface area contributed by atoms with Crippen LogP contribution in [0.3, 0.4) is 0 Å². The van der Waals surface area contributed by atoms with E-state index in [4.69, 9.17) is 9.47 Å². The van der Waals surface area contributed by atoms with Crippen molar-refractivity contribution in [3.63, 3.8) is 0 Å². The van der Waals surface area contributed by atoms with Gasteiger partial charge in [0.15, 0.2) is 0 Å². The van der Waals surface area contributed by atoms with Gasteiger partial charge in [-0.1, -0.05) is 18.2 Å². The number of methoxy groups -OCH3 is 2. The molecule has 0 radical (unpaired) electrons. The third kappa shape index (κ3) is 10.5. The van der Waals surface area contributed by atoms with Crippen LogP contribution in [0.25, 0.3) is 44.5 Å². The van der Waals surface area contributed by atoms with Crippen molar-refractivity contribution in [1.29, 1.82) is 0 Å². The molecule has 2 atom stereocenters. The lowest BCUT2D eigenvalue weighted by atomic mass is 9.93. The minimum Gasteiger partial charge on any atom is -0.391 e. The number of aromatic amines is 2. The first-order valence-corrected chi connectivity index (χ1v) is 25.8. The van der Waals surface area contributed by atoms with Gasteiger partial charge in [0.25, 0.3) is 5.92 Å². The molecule has 0 bridgehead atoms. The Hall–Kier alpha value is -6.08. The van der Waals surface area contributed by atoms with Crippen molar-refractivity contribution < 1.29 is 49.8 Å². The maximum atomic E-state index is 16.8. The molecular weight excluding hydrogens is 963 g/mol. The highest BCUT2D eigenvalue weighted by Crippen LogP contribution is 2.47. The van der Waals surface area contributed by atoms with Crippen molar-refractivity contribution in [2.24, 2.45) is 0 Å². The largest absolute Gasteiger partial charge is 0.391 e. The molecule has 6 heterocycles. The highest BCUT2D eigenvalue weighted by Gasteiger charge is 2.50. The van der Waals surface area contributed by atoms with Crippen LogP contribution in [0.4, 0.5) is 20.3 Å². The first-order valence-electron chi connectivity index (χ1n) is 22.9. The van der Waals surface area contributed by atoms with E-state index in [1.165, 1.54) is 73.5 Å². The molecule has 2 saturated heterocycles. The number of halogens is 2. The lowest BCUT2D eigenvalue weighted by molar-refractivity contribution is -0.131. The van der Waals surface area contributed by atoms with Gasteiger partial charge in [0.1, 0.15) is 10.7 Å².